The highest BCUT2D eigenvalue weighted by atomic mass is 16.5. The van der Waals surface area contributed by atoms with Crippen molar-refractivity contribution in [3.63, 3.8) is 0 Å². The summed E-state index contributed by atoms with van der Waals surface area (Å²) in [6.07, 6.45) is 5.07. The van der Waals surface area contributed by atoms with Gasteiger partial charge in [-0.15, -0.1) is 0 Å². The van der Waals surface area contributed by atoms with Crippen molar-refractivity contribution >= 4 is 30.0 Å². The first-order valence-electron chi connectivity index (χ1n) is 18.6. The van der Waals surface area contributed by atoms with Gasteiger partial charge in [-0.2, -0.15) is 0 Å². The summed E-state index contributed by atoms with van der Waals surface area (Å²) in [6, 6.07) is 12.3. The monoisotopic (exact) mass is 738 g/mol. The normalized spacial score (nSPS) is 15.5. The van der Waals surface area contributed by atoms with E-state index in [0.717, 1.165) is 43.4 Å². The number of benzene rings is 1. The van der Waals surface area contributed by atoms with Gasteiger partial charge in [0.05, 0.1) is 33.2 Å². The van der Waals surface area contributed by atoms with Crippen LogP contribution in [0.1, 0.15) is 77.5 Å². The third-order valence-corrected chi connectivity index (χ3v) is 9.36. The molecule has 0 saturated heterocycles. The standard InChI is InChI=1S/C39H58N6O8/c1-26(2)34(42-38(49)51-5)36(47)41-31(23-28-15-9-7-10-16-28)32(53-33(46)21-20-30-19-13-14-22-40-30)25-45(24-29-17-11-8-12-18-29)44-37(48)35(27(3)4)43-39(50)52-6/h7,9-10,13-16,19,22,26-27,29,31-32,34-35H,8,11-12,17-18,20-21,23-25H2,1-6H3,(H,41,47)(H,42,49)(H,43,50)(H,44,48). The number of hydrogen-bond acceptors (Lipinski definition) is 10. The molecule has 0 spiro atoms. The van der Waals surface area contributed by atoms with Gasteiger partial charge in [0, 0.05) is 24.9 Å². The third-order valence-electron chi connectivity index (χ3n) is 9.36. The second kappa shape index (κ2) is 22.4. The number of amides is 4. The fraction of sp³-hybridized carbons (Fsp3) is 0.590. The van der Waals surface area contributed by atoms with Crippen LogP contribution in [0.25, 0.3) is 0 Å². The van der Waals surface area contributed by atoms with Crippen LogP contribution in [0, 0.1) is 17.8 Å². The molecule has 4 N–H and O–H groups in total. The van der Waals surface area contributed by atoms with E-state index in [9.17, 15) is 24.0 Å². The zero-order valence-electron chi connectivity index (χ0n) is 32.0. The summed E-state index contributed by atoms with van der Waals surface area (Å²) in [4.78, 5) is 70.2. The van der Waals surface area contributed by atoms with Crippen LogP contribution < -0.4 is 21.4 Å². The molecule has 2 aromatic rings. The maximum absolute atomic E-state index is 13.9. The maximum atomic E-state index is 13.9. The van der Waals surface area contributed by atoms with E-state index in [-0.39, 0.29) is 37.1 Å². The molecular weight excluding hydrogens is 680 g/mol. The van der Waals surface area contributed by atoms with Crippen molar-refractivity contribution < 1.29 is 38.2 Å². The van der Waals surface area contributed by atoms with Gasteiger partial charge in [-0.1, -0.05) is 83.4 Å². The maximum Gasteiger partial charge on any atom is 0.407 e. The van der Waals surface area contributed by atoms with Gasteiger partial charge < -0.3 is 30.2 Å². The molecule has 1 fully saturated rings. The minimum absolute atomic E-state index is 0.0230. The Labute approximate surface area is 313 Å². The lowest BCUT2D eigenvalue weighted by Crippen LogP contribution is -2.60. The molecule has 1 aromatic heterocycles. The first-order chi connectivity index (χ1) is 25.4. The van der Waals surface area contributed by atoms with E-state index in [0.29, 0.717) is 13.0 Å². The largest absolute Gasteiger partial charge is 0.459 e. The minimum atomic E-state index is -0.962. The summed E-state index contributed by atoms with van der Waals surface area (Å²) in [7, 11) is 2.46. The number of rotatable bonds is 19. The first kappa shape index (κ1) is 42.7. The molecule has 4 amide bonds. The fourth-order valence-electron chi connectivity index (χ4n) is 6.40. The smallest absolute Gasteiger partial charge is 0.407 e. The van der Waals surface area contributed by atoms with Crippen LogP contribution in [-0.4, -0.2) is 91.5 Å². The van der Waals surface area contributed by atoms with Gasteiger partial charge in [-0.05, 0) is 54.7 Å². The summed E-state index contributed by atoms with van der Waals surface area (Å²) in [5.74, 6) is -1.75. The van der Waals surface area contributed by atoms with Crippen molar-refractivity contribution in [2.45, 2.75) is 103 Å². The molecule has 14 heteroatoms. The zero-order valence-corrected chi connectivity index (χ0v) is 32.0. The van der Waals surface area contributed by atoms with Crippen molar-refractivity contribution in [2.24, 2.45) is 17.8 Å². The van der Waals surface area contributed by atoms with Gasteiger partial charge in [0.2, 0.25) is 5.91 Å². The van der Waals surface area contributed by atoms with Gasteiger partial charge in [0.1, 0.15) is 18.2 Å². The number of esters is 1. The number of aryl methyl sites for hydroxylation is 1. The molecule has 4 atom stereocenters. The molecule has 53 heavy (non-hydrogen) atoms. The van der Waals surface area contributed by atoms with E-state index in [1.165, 1.54) is 14.2 Å². The van der Waals surface area contributed by atoms with Gasteiger partial charge in [0.15, 0.2) is 0 Å². The molecule has 1 heterocycles. The van der Waals surface area contributed by atoms with Gasteiger partial charge in [-0.3, -0.25) is 24.8 Å². The van der Waals surface area contributed by atoms with Crippen molar-refractivity contribution in [1.29, 1.82) is 0 Å². The average molecular weight is 739 g/mol. The lowest BCUT2D eigenvalue weighted by atomic mass is 9.89. The number of nitrogens with one attached hydrogen (secondary N) is 4. The number of nitrogens with zero attached hydrogens (tertiary/aromatic N) is 2. The molecular formula is C39H58N6O8. The average Bonchev–Trinajstić information content (AvgIpc) is 3.15. The summed E-state index contributed by atoms with van der Waals surface area (Å²) >= 11 is 0. The van der Waals surface area contributed by atoms with E-state index in [1.807, 2.05) is 56.3 Å². The molecule has 1 aromatic carbocycles. The summed E-state index contributed by atoms with van der Waals surface area (Å²) in [5.41, 5.74) is 4.62. The van der Waals surface area contributed by atoms with Gasteiger partial charge >= 0.3 is 18.2 Å². The lowest BCUT2D eigenvalue weighted by molar-refractivity contribution is -0.154. The molecule has 4 unspecified atom stereocenters. The van der Waals surface area contributed by atoms with Crippen molar-refractivity contribution in [3.05, 3.63) is 66.0 Å². The fourth-order valence-corrected chi connectivity index (χ4v) is 6.40. The molecule has 14 nitrogen and oxygen atoms in total. The molecule has 0 bridgehead atoms. The minimum Gasteiger partial charge on any atom is -0.459 e. The van der Waals surface area contributed by atoms with Crippen LogP contribution in [0.4, 0.5) is 9.59 Å². The number of alkyl carbamates (subject to hydrolysis) is 2. The van der Waals surface area contributed by atoms with Crippen LogP contribution in [0.3, 0.4) is 0 Å². The number of pyridine rings is 1. The molecule has 1 aliphatic carbocycles. The quantitative estimate of drug-likeness (QED) is 0.0922. The van der Waals surface area contributed by atoms with E-state index < -0.39 is 54.2 Å². The number of carbonyl (C=O) groups excluding carboxylic acids is 5. The first-order valence-corrected chi connectivity index (χ1v) is 18.6. The van der Waals surface area contributed by atoms with Gasteiger partial charge in [0.25, 0.3) is 5.91 Å². The molecule has 1 aliphatic rings. The Morgan fingerprint density at radius 2 is 1.40 bits per heavy atom. The van der Waals surface area contributed by atoms with Crippen LogP contribution in [0.5, 0.6) is 0 Å². The number of hydrogen-bond donors (Lipinski definition) is 4. The highest BCUT2D eigenvalue weighted by molar-refractivity contribution is 5.86. The highest BCUT2D eigenvalue weighted by Crippen LogP contribution is 2.25. The van der Waals surface area contributed by atoms with E-state index in [1.54, 1.807) is 31.1 Å². The van der Waals surface area contributed by atoms with E-state index >= 15 is 0 Å². The SMILES string of the molecule is COC(=O)NC(C(=O)NC(Cc1ccccc1)C(CN(CC1CCCCC1)NC(=O)C(NC(=O)OC)C(C)C)OC(=O)CCc1ccccn1)C(C)C. The predicted octanol–water partition coefficient (Wildman–Crippen LogP) is 4.33. The Bertz CT molecular complexity index is 1440. The summed E-state index contributed by atoms with van der Waals surface area (Å²) in [6.45, 7) is 7.72. The van der Waals surface area contributed by atoms with Crippen LogP contribution in [0.15, 0.2) is 54.7 Å². The Morgan fingerprint density at radius 1 is 0.792 bits per heavy atom. The number of ether oxygens (including phenoxy) is 3. The zero-order chi connectivity index (χ0) is 38.8. The molecule has 0 radical (unpaired) electrons. The number of methoxy groups -OCH3 is 2. The van der Waals surface area contributed by atoms with Crippen molar-refractivity contribution in [3.8, 4) is 0 Å². The van der Waals surface area contributed by atoms with Crippen molar-refractivity contribution in [1.82, 2.24) is 31.4 Å². The Balaban J connectivity index is 2.02. The van der Waals surface area contributed by atoms with E-state index in [4.69, 9.17) is 14.2 Å². The predicted molar refractivity (Wildman–Crippen MR) is 199 cm³/mol. The number of carbonyl (C=O) groups is 5. The van der Waals surface area contributed by atoms with Gasteiger partial charge in [-0.25, -0.2) is 14.6 Å². The van der Waals surface area contributed by atoms with Crippen molar-refractivity contribution in [2.75, 3.05) is 27.3 Å². The third kappa shape index (κ3) is 15.0. The number of hydrazine groups is 1. The Hall–Kier alpha value is -4.72. The van der Waals surface area contributed by atoms with Crippen LogP contribution in [-0.2, 0) is 41.4 Å². The Morgan fingerprint density at radius 3 is 1.96 bits per heavy atom. The number of aromatic nitrogens is 1. The molecule has 1 saturated carbocycles. The molecule has 3 rings (SSSR count). The van der Waals surface area contributed by atoms with Crippen LogP contribution in [0.2, 0.25) is 0 Å². The van der Waals surface area contributed by atoms with Crippen LogP contribution >= 0.6 is 0 Å². The summed E-state index contributed by atoms with van der Waals surface area (Å²) in [5, 5.41) is 10.1. The Kier molecular flexibility index (Phi) is 18.0. The molecule has 0 aliphatic heterocycles. The van der Waals surface area contributed by atoms with E-state index in [2.05, 4.69) is 26.4 Å². The molecule has 292 valence electrons. The topological polar surface area (TPSA) is 177 Å². The highest BCUT2D eigenvalue weighted by Gasteiger charge is 2.35. The second-order valence-electron chi connectivity index (χ2n) is 14.3. The summed E-state index contributed by atoms with van der Waals surface area (Å²) < 4.78 is 15.8. The lowest BCUT2D eigenvalue weighted by Gasteiger charge is -2.36. The second-order valence-corrected chi connectivity index (χ2v) is 14.3.